The Hall–Kier alpha value is -3.87. The Balaban J connectivity index is 1.29. The van der Waals surface area contributed by atoms with E-state index in [1.54, 1.807) is 24.0 Å². The van der Waals surface area contributed by atoms with Gasteiger partial charge >= 0.3 is 0 Å². The van der Waals surface area contributed by atoms with Crippen LogP contribution >= 0.6 is 0 Å². The third-order valence-electron chi connectivity index (χ3n) is 9.48. The summed E-state index contributed by atoms with van der Waals surface area (Å²) in [6, 6.07) is 20.9. The first-order valence-electron chi connectivity index (χ1n) is 16.1. The summed E-state index contributed by atoms with van der Waals surface area (Å²) in [6.45, 7) is 4.28. The van der Waals surface area contributed by atoms with Gasteiger partial charge in [0.05, 0.1) is 17.5 Å². The van der Waals surface area contributed by atoms with E-state index < -0.39 is 17.8 Å². The van der Waals surface area contributed by atoms with Crippen molar-refractivity contribution < 1.29 is 14.0 Å². The maximum Gasteiger partial charge on any atom is 0.257 e. The van der Waals surface area contributed by atoms with Crippen LogP contribution in [-0.2, 0) is 4.79 Å². The van der Waals surface area contributed by atoms with Gasteiger partial charge in [-0.1, -0.05) is 49.6 Å². The molecule has 3 aromatic rings. The first-order valence-corrected chi connectivity index (χ1v) is 16.1. The molecular formula is C36H43FN4O2. The number of aryl methyl sites for hydroxylation is 1. The number of nitrogens with zero attached hydrogens (tertiary/aromatic N) is 2. The molecule has 0 radical (unpaired) electrons. The standard InChI is InChI=1S/C36H43FN4O2/c1-25-10-7-16-32(37)33(25)36(43)41-23-9-15-31(35(42)39-29-13-8-14-30(24-29)40-21-5-6-22-40)34(41)26-17-19-28(20-18-26)38-27-11-3-2-4-12-27/h7-8,10,13-14,16-20,24,27,31,34,38H,2-6,9,11-12,15,21-23H2,1H3,(H,39,42)/t31-,34-/m0/s1. The lowest BCUT2D eigenvalue weighted by molar-refractivity contribution is -0.123. The van der Waals surface area contributed by atoms with Gasteiger partial charge in [0.25, 0.3) is 5.91 Å². The maximum atomic E-state index is 15.0. The Morgan fingerprint density at radius 3 is 2.28 bits per heavy atom. The molecule has 3 aromatic carbocycles. The van der Waals surface area contributed by atoms with Gasteiger partial charge in [-0.3, -0.25) is 9.59 Å². The Morgan fingerprint density at radius 2 is 1.53 bits per heavy atom. The SMILES string of the molecule is Cc1cccc(F)c1C(=O)N1CCC[C@H](C(=O)Nc2cccc(N3CCCC3)c2)[C@@H]1c1ccc(NC2CCCCC2)cc1. The predicted molar refractivity (Wildman–Crippen MR) is 171 cm³/mol. The van der Waals surface area contributed by atoms with Crippen LogP contribution in [0.2, 0.25) is 0 Å². The van der Waals surface area contributed by atoms with Crippen molar-refractivity contribution in [2.24, 2.45) is 5.92 Å². The monoisotopic (exact) mass is 582 g/mol. The summed E-state index contributed by atoms with van der Waals surface area (Å²) >= 11 is 0. The van der Waals surface area contributed by atoms with Crippen molar-refractivity contribution in [3.63, 3.8) is 0 Å². The molecule has 1 aliphatic carbocycles. The molecule has 1 saturated carbocycles. The highest BCUT2D eigenvalue weighted by molar-refractivity contribution is 5.98. The van der Waals surface area contributed by atoms with E-state index in [4.69, 9.17) is 0 Å². The van der Waals surface area contributed by atoms with E-state index in [0.29, 0.717) is 31.0 Å². The van der Waals surface area contributed by atoms with E-state index in [9.17, 15) is 9.59 Å². The van der Waals surface area contributed by atoms with Crippen LogP contribution in [0.15, 0.2) is 66.7 Å². The Labute approximate surface area is 254 Å². The highest BCUT2D eigenvalue weighted by Gasteiger charge is 2.40. The maximum absolute atomic E-state index is 15.0. The van der Waals surface area contributed by atoms with Gasteiger partial charge in [0.1, 0.15) is 5.82 Å². The number of rotatable bonds is 7. The summed E-state index contributed by atoms with van der Waals surface area (Å²) in [4.78, 5) is 32.1. The molecule has 3 fully saturated rings. The number of halogens is 1. The number of hydrogen-bond donors (Lipinski definition) is 2. The van der Waals surface area contributed by atoms with E-state index in [2.05, 4.69) is 33.7 Å². The molecule has 0 bridgehead atoms. The van der Waals surface area contributed by atoms with Gasteiger partial charge in [0, 0.05) is 42.7 Å². The number of benzene rings is 3. The van der Waals surface area contributed by atoms with Gasteiger partial charge in [-0.05, 0) is 93.0 Å². The number of piperidine rings is 1. The molecule has 43 heavy (non-hydrogen) atoms. The molecule has 2 saturated heterocycles. The average Bonchev–Trinajstić information content (AvgIpc) is 3.57. The van der Waals surface area contributed by atoms with Gasteiger partial charge in [-0.25, -0.2) is 4.39 Å². The highest BCUT2D eigenvalue weighted by atomic mass is 19.1. The Kier molecular flexibility index (Phi) is 8.96. The van der Waals surface area contributed by atoms with E-state index in [-0.39, 0.29) is 17.4 Å². The zero-order valence-corrected chi connectivity index (χ0v) is 25.2. The fraction of sp³-hybridized carbons (Fsp3) is 0.444. The van der Waals surface area contributed by atoms with Crippen LogP contribution in [0.1, 0.15) is 85.3 Å². The zero-order valence-electron chi connectivity index (χ0n) is 25.2. The first-order chi connectivity index (χ1) is 21.0. The van der Waals surface area contributed by atoms with E-state index in [1.807, 2.05) is 30.3 Å². The van der Waals surface area contributed by atoms with Crippen LogP contribution in [0.4, 0.5) is 21.5 Å². The van der Waals surface area contributed by atoms with Gasteiger partial charge in [0.15, 0.2) is 0 Å². The van der Waals surface area contributed by atoms with Crippen molar-refractivity contribution in [3.8, 4) is 0 Å². The Bertz CT molecular complexity index is 1410. The number of anilines is 3. The first kappa shape index (κ1) is 29.2. The van der Waals surface area contributed by atoms with Crippen LogP contribution in [0, 0.1) is 18.7 Å². The number of likely N-dealkylation sites (tertiary alicyclic amines) is 1. The molecular weight excluding hydrogens is 539 g/mol. The van der Waals surface area contributed by atoms with E-state index in [1.165, 1.54) is 51.0 Å². The summed E-state index contributed by atoms with van der Waals surface area (Å²) in [7, 11) is 0. The van der Waals surface area contributed by atoms with E-state index >= 15 is 4.39 Å². The third-order valence-corrected chi connectivity index (χ3v) is 9.48. The smallest absolute Gasteiger partial charge is 0.257 e. The summed E-state index contributed by atoms with van der Waals surface area (Å²) in [6.07, 6.45) is 9.83. The molecule has 0 unspecified atom stereocenters. The fourth-order valence-electron chi connectivity index (χ4n) is 7.21. The summed E-state index contributed by atoms with van der Waals surface area (Å²) in [5.41, 5.74) is 4.50. The number of hydrogen-bond acceptors (Lipinski definition) is 4. The van der Waals surface area contributed by atoms with Crippen molar-refractivity contribution in [2.75, 3.05) is 35.2 Å². The lowest BCUT2D eigenvalue weighted by Crippen LogP contribution is -2.46. The fourth-order valence-corrected chi connectivity index (χ4v) is 7.21. The number of amides is 2. The van der Waals surface area contributed by atoms with Crippen LogP contribution in [0.3, 0.4) is 0 Å². The minimum Gasteiger partial charge on any atom is -0.382 e. The second kappa shape index (κ2) is 13.2. The minimum atomic E-state index is -0.527. The van der Waals surface area contributed by atoms with Gasteiger partial charge < -0.3 is 20.4 Å². The molecule has 3 aliphatic rings. The molecule has 2 N–H and O–H groups in total. The van der Waals surface area contributed by atoms with Crippen LogP contribution < -0.4 is 15.5 Å². The van der Waals surface area contributed by atoms with Crippen molar-refractivity contribution in [1.29, 1.82) is 0 Å². The van der Waals surface area contributed by atoms with Crippen LogP contribution in [0.25, 0.3) is 0 Å². The average molecular weight is 583 g/mol. The molecule has 6 nitrogen and oxygen atoms in total. The third kappa shape index (κ3) is 6.56. The molecule has 2 heterocycles. The summed E-state index contributed by atoms with van der Waals surface area (Å²) in [5, 5.41) is 6.84. The van der Waals surface area contributed by atoms with Gasteiger partial charge in [-0.2, -0.15) is 0 Å². The van der Waals surface area contributed by atoms with Gasteiger partial charge in [-0.15, -0.1) is 0 Å². The zero-order chi connectivity index (χ0) is 29.8. The molecule has 2 aliphatic heterocycles. The van der Waals surface area contributed by atoms with Crippen molar-refractivity contribution in [2.45, 2.75) is 76.8 Å². The summed E-state index contributed by atoms with van der Waals surface area (Å²) < 4.78 is 15.0. The molecule has 0 spiro atoms. The number of carbonyl (C=O) groups excluding carboxylic acids is 2. The highest BCUT2D eigenvalue weighted by Crippen LogP contribution is 2.39. The molecule has 226 valence electrons. The second-order valence-electron chi connectivity index (χ2n) is 12.5. The predicted octanol–water partition coefficient (Wildman–Crippen LogP) is 7.71. The van der Waals surface area contributed by atoms with Crippen molar-refractivity contribution in [1.82, 2.24) is 4.90 Å². The largest absolute Gasteiger partial charge is 0.382 e. The minimum absolute atomic E-state index is 0.0856. The van der Waals surface area contributed by atoms with Crippen molar-refractivity contribution in [3.05, 3.63) is 89.2 Å². The second-order valence-corrected chi connectivity index (χ2v) is 12.5. The lowest BCUT2D eigenvalue weighted by Gasteiger charge is -2.41. The number of nitrogens with one attached hydrogen (secondary N) is 2. The van der Waals surface area contributed by atoms with Crippen molar-refractivity contribution >= 4 is 28.9 Å². The molecule has 2 amide bonds. The molecule has 7 heteroatoms. The topological polar surface area (TPSA) is 64.7 Å². The number of carbonyl (C=O) groups is 2. The lowest BCUT2D eigenvalue weighted by atomic mass is 9.83. The summed E-state index contributed by atoms with van der Waals surface area (Å²) in [5.74, 6) is -1.48. The quantitative estimate of drug-likeness (QED) is 0.300. The Morgan fingerprint density at radius 1 is 0.791 bits per heavy atom. The van der Waals surface area contributed by atoms with Gasteiger partial charge in [0.2, 0.25) is 5.91 Å². The normalized spacial score (nSPS) is 21.1. The van der Waals surface area contributed by atoms with Crippen LogP contribution in [-0.4, -0.2) is 42.4 Å². The molecule has 2 atom stereocenters. The van der Waals surface area contributed by atoms with Crippen LogP contribution in [0.5, 0.6) is 0 Å². The van der Waals surface area contributed by atoms with E-state index in [0.717, 1.165) is 35.7 Å². The molecule has 6 rings (SSSR count). The molecule has 0 aromatic heterocycles.